The molecule has 2 aliphatic heterocycles. The van der Waals surface area contributed by atoms with E-state index in [0.29, 0.717) is 66.5 Å². The minimum atomic E-state index is -0.367. The molecule has 2 heterocycles. The number of alkyl halides is 1. The van der Waals surface area contributed by atoms with Gasteiger partial charge in [0.2, 0.25) is 5.91 Å². The van der Waals surface area contributed by atoms with E-state index in [4.69, 9.17) is 14.2 Å². The number of carbonyl (C=O) groups excluding carboxylic acids is 1. The van der Waals surface area contributed by atoms with E-state index in [1.807, 2.05) is 4.90 Å². The molecule has 0 bridgehead atoms. The molecule has 242 valence electrons. The number of aliphatic hydroxyl groups is 1. The Kier molecular flexibility index (Phi) is 7.08. The largest absolute Gasteiger partial charge is 0.390 e. The van der Waals surface area contributed by atoms with Crippen molar-refractivity contribution in [1.29, 1.82) is 0 Å². The number of rotatable bonds is 5. The summed E-state index contributed by atoms with van der Waals surface area (Å²) in [7, 11) is 0. The van der Waals surface area contributed by atoms with Crippen LogP contribution in [0.1, 0.15) is 105 Å². The first-order valence-corrected chi connectivity index (χ1v) is 19.4. The summed E-state index contributed by atoms with van der Waals surface area (Å²) in [6, 6.07) is 0. The van der Waals surface area contributed by atoms with Crippen LogP contribution in [0.4, 0.5) is 0 Å². The number of carbonyl (C=O) groups is 1. The SMILES string of the molecule is C[C@@H]1CC(CI)OC2[C@H]1[C@@]1(C)CCC34C[C@@]35CC[C@H](O[C@H]3CN(C(=O)CC6CC6)CCO3)C(C)(C)[C@@H]5CCC4[C@]1(C)[C@H]2O. The van der Waals surface area contributed by atoms with Crippen LogP contribution in [0, 0.1) is 56.7 Å². The van der Waals surface area contributed by atoms with Gasteiger partial charge < -0.3 is 24.2 Å². The number of ether oxygens (including phenoxy) is 3. The third-order valence-electron chi connectivity index (χ3n) is 15.8. The van der Waals surface area contributed by atoms with E-state index in [9.17, 15) is 9.90 Å². The Balaban J connectivity index is 1.01. The van der Waals surface area contributed by atoms with Crippen LogP contribution in [0.15, 0.2) is 0 Å². The maximum atomic E-state index is 12.9. The van der Waals surface area contributed by atoms with E-state index in [-0.39, 0.29) is 52.9 Å². The Labute approximate surface area is 273 Å². The molecule has 0 aromatic carbocycles. The number of morpholine rings is 1. The highest BCUT2D eigenvalue weighted by atomic mass is 127. The highest BCUT2D eigenvalue weighted by molar-refractivity contribution is 14.1. The van der Waals surface area contributed by atoms with E-state index in [1.165, 1.54) is 51.4 Å². The minimum Gasteiger partial charge on any atom is -0.390 e. The van der Waals surface area contributed by atoms with Gasteiger partial charge in [0.25, 0.3) is 0 Å². The van der Waals surface area contributed by atoms with E-state index in [0.717, 1.165) is 17.3 Å². The van der Waals surface area contributed by atoms with Gasteiger partial charge in [-0.25, -0.2) is 0 Å². The quantitative estimate of drug-likeness (QED) is 0.258. The fraction of sp³-hybridized carbons (Fsp3) is 0.972. The Morgan fingerprint density at radius 1 is 1.02 bits per heavy atom. The van der Waals surface area contributed by atoms with Crippen LogP contribution in [0.25, 0.3) is 0 Å². The van der Waals surface area contributed by atoms with E-state index in [1.54, 1.807) is 0 Å². The number of hydrogen-bond acceptors (Lipinski definition) is 5. The summed E-state index contributed by atoms with van der Waals surface area (Å²) in [5.41, 5.74) is 0.850. The highest BCUT2D eigenvalue weighted by Crippen LogP contribution is 2.89. The molecule has 0 aromatic heterocycles. The maximum Gasteiger partial charge on any atom is 0.223 e. The lowest BCUT2D eigenvalue weighted by Crippen LogP contribution is -2.60. The number of aliphatic hydroxyl groups excluding tert-OH is 1. The van der Waals surface area contributed by atoms with Crippen molar-refractivity contribution in [3.05, 3.63) is 0 Å². The van der Waals surface area contributed by atoms with Crippen molar-refractivity contribution in [2.24, 2.45) is 56.7 Å². The molecule has 1 amide bonds. The molecule has 1 N–H and O–H groups in total. The Morgan fingerprint density at radius 3 is 2.51 bits per heavy atom. The van der Waals surface area contributed by atoms with Crippen molar-refractivity contribution >= 4 is 28.5 Å². The molecule has 0 radical (unpaired) electrons. The average molecular weight is 710 g/mol. The van der Waals surface area contributed by atoms with Crippen molar-refractivity contribution < 1.29 is 24.1 Å². The number of nitrogens with zero attached hydrogens (tertiary/aromatic N) is 1. The van der Waals surface area contributed by atoms with Crippen LogP contribution in [0.3, 0.4) is 0 Å². The molecule has 6 nitrogen and oxygen atoms in total. The number of amides is 1. The lowest BCUT2D eigenvalue weighted by molar-refractivity contribution is -0.248. The third-order valence-corrected chi connectivity index (χ3v) is 16.8. The third kappa shape index (κ3) is 4.05. The van der Waals surface area contributed by atoms with E-state index >= 15 is 0 Å². The van der Waals surface area contributed by atoms with Gasteiger partial charge in [-0.15, -0.1) is 0 Å². The molecule has 6 aliphatic carbocycles. The Morgan fingerprint density at radius 2 is 1.77 bits per heavy atom. The van der Waals surface area contributed by atoms with Gasteiger partial charge in [-0.1, -0.05) is 57.2 Å². The molecular weight excluding hydrogens is 653 g/mol. The zero-order valence-electron chi connectivity index (χ0n) is 27.3. The van der Waals surface area contributed by atoms with Crippen molar-refractivity contribution in [3.8, 4) is 0 Å². The summed E-state index contributed by atoms with van der Waals surface area (Å²) in [6.45, 7) is 14.3. The summed E-state index contributed by atoms with van der Waals surface area (Å²) in [4.78, 5) is 14.9. The topological polar surface area (TPSA) is 68.2 Å². The monoisotopic (exact) mass is 709 g/mol. The molecule has 8 aliphatic rings. The molecule has 0 aromatic rings. The van der Waals surface area contributed by atoms with Gasteiger partial charge >= 0.3 is 0 Å². The second-order valence-electron chi connectivity index (χ2n) is 17.7. The van der Waals surface area contributed by atoms with Gasteiger partial charge in [-0.3, -0.25) is 4.79 Å². The van der Waals surface area contributed by atoms with Crippen LogP contribution in [-0.2, 0) is 19.0 Å². The zero-order chi connectivity index (χ0) is 30.2. The first-order chi connectivity index (χ1) is 20.4. The van der Waals surface area contributed by atoms with Crippen LogP contribution in [0.2, 0.25) is 0 Å². The lowest BCUT2D eigenvalue weighted by Gasteiger charge is -2.64. The van der Waals surface area contributed by atoms with Gasteiger partial charge in [0, 0.05) is 22.8 Å². The molecule has 2 saturated heterocycles. The molecule has 13 atom stereocenters. The lowest BCUT2D eigenvalue weighted by atomic mass is 9.41. The van der Waals surface area contributed by atoms with Gasteiger partial charge in [0.05, 0.1) is 37.6 Å². The second kappa shape index (κ2) is 10.0. The molecule has 43 heavy (non-hydrogen) atoms. The van der Waals surface area contributed by atoms with Crippen molar-refractivity contribution in [1.82, 2.24) is 4.90 Å². The Bertz CT molecular complexity index is 1140. The fourth-order valence-corrected chi connectivity index (χ4v) is 14.1. The van der Waals surface area contributed by atoms with Crippen LogP contribution < -0.4 is 0 Å². The summed E-state index contributed by atoms with van der Waals surface area (Å²) in [5.74, 6) is 3.18. The average Bonchev–Trinajstić information content (AvgIpc) is 3.90. The fourth-order valence-electron chi connectivity index (χ4n) is 13.5. The molecule has 8 fully saturated rings. The number of hydrogen-bond donors (Lipinski definition) is 1. The molecule has 7 heteroatoms. The summed E-state index contributed by atoms with van der Waals surface area (Å²) in [6.07, 6.45) is 12.7. The molecule has 4 unspecified atom stereocenters. The minimum absolute atomic E-state index is 0.00659. The standard InChI is InChI=1S/C36H56INO5/c1-21-16-23(18-37)42-30-29(21)33(4)12-13-36-20-35(36)11-10-26(32(2,3)24(35)8-9-25(36)34(33,5)31(30)40)43-28-19-38(14-15-41-28)27(39)17-22-6-7-22/h21-26,28-31,40H,6-20H2,1-5H3/t21-,23?,24+,25?,26+,28+,29+,30?,31+,33-,34-,35-,36?/m1/s1. The number of fused-ring (bicyclic) bond motifs is 4. The zero-order valence-corrected chi connectivity index (χ0v) is 29.4. The first kappa shape index (κ1) is 30.4. The van der Waals surface area contributed by atoms with Crippen LogP contribution >= 0.6 is 22.6 Å². The maximum absolute atomic E-state index is 12.9. The molecule has 6 saturated carbocycles. The normalized spacial score (nSPS) is 55.0. The molecular formula is C36H56INO5. The van der Waals surface area contributed by atoms with Crippen LogP contribution in [0.5, 0.6) is 0 Å². The van der Waals surface area contributed by atoms with Crippen molar-refractivity contribution in [3.63, 3.8) is 0 Å². The van der Waals surface area contributed by atoms with E-state index < -0.39 is 0 Å². The number of halogens is 1. The molecule has 2 spiro atoms. The van der Waals surface area contributed by atoms with Gasteiger partial charge in [0.1, 0.15) is 0 Å². The van der Waals surface area contributed by atoms with E-state index in [2.05, 4.69) is 57.2 Å². The highest BCUT2D eigenvalue weighted by Gasteiger charge is 2.84. The van der Waals surface area contributed by atoms with Gasteiger partial charge in [0.15, 0.2) is 6.29 Å². The smallest absolute Gasteiger partial charge is 0.223 e. The van der Waals surface area contributed by atoms with Crippen LogP contribution in [-0.4, -0.2) is 70.7 Å². The predicted octanol–water partition coefficient (Wildman–Crippen LogP) is 6.61. The van der Waals surface area contributed by atoms with Crippen molar-refractivity contribution in [2.45, 2.75) is 136 Å². The second-order valence-corrected chi connectivity index (χ2v) is 18.6. The summed E-state index contributed by atoms with van der Waals surface area (Å²) < 4.78 is 20.7. The van der Waals surface area contributed by atoms with Gasteiger partial charge in [-0.2, -0.15) is 0 Å². The van der Waals surface area contributed by atoms with Crippen molar-refractivity contribution in [2.75, 3.05) is 24.1 Å². The Hall–Kier alpha value is 0.0400. The predicted molar refractivity (Wildman–Crippen MR) is 174 cm³/mol. The van der Waals surface area contributed by atoms with Gasteiger partial charge in [-0.05, 0) is 115 Å². The molecule has 8 rings (SSSR count). The first-order valence-electron chi connectivity index (χ1n) is 17.9. The summed E-state index contributed by atoms with van der Waals surface area (Å²) in [5, 5.41) is 12.3. The summed E-state index contributed by atoms with van der Waals surface area (Å²) >= 11 is 2.47.